The summed E-state index contributed by atoms with van der Waals surface area (Å²) in [6.07, 6.45) is 6.52. The Morgan fingerprint density at radius 2 is 2.03 bits per heavy atom. The van der Waals surface area contributed by atoms with Gasteiger partial charge in [-0.25, -0.2) is 9.57 Å². The molecular weight excluding hydrogens is 461 g/mol. The molecule has 5 nitrogen and oxygen atoms in total. The molecule has 8 heteroatoms. The highest BCUT2D eigenvalue weighted by atomic mass is 32.2. The number of benzene rings is 2. The molecule has 4 rings (SSSR count). The fourth-order valence-electron chi connectivity index (χ4n) is 4.12. The van der Waals surface area contributed by atoms with E-state index in [-0.39, 0.29) is 12.6 Å². The number of allylic oxidation sites excluding steroid dienone is 2. The minimum Gasteiger partial charge on any atom is -0.409 e. The lowest BCUT2D eigenvalue weighted by Crippen LogP contribution is -2.33. The zero-order valence-corrected chi connectivity index (χ0v) is 21.0. The summed E-state index contributed by atoms with van der Waals surface area (Å²) in [6.45, 7) is 8.30. The molecule has 2 aromatic rings. The van der Waals surface area contributed by atoms with Gasteiger partial charge in [0.15, 0.2) is 5.75 Å². The zero-order chi connectivity index (χ0) is 23.9. The molecule has 2 aromatic carbocycles. The van der Waals surface area contributed by atoms with E-state index in [1.165, 1.54) is 28.3 Å². The highest BCUT2D eigenvalue weighted by molar-refractivity contribution is 7.99. The summed E-state index contributed by atoms with van der Waals surface area (Å²) >= 11 is 3.06. The van der Waals surface area contributed by atoms with E-state index >= 15 is 0 Å². The van der Waals surface area contributed by atoms with Crippen LogP contribution in [0.5, 0.6) is 5.75 Å². The van der Waals surface area contributed by atoms with Crippen molar-refractivity contribution in [2.24, 2.45) is 0 Å². The lowest BCUT2D eigenvalue weighted by molar-refractivity contribution is 0.0988. The van der Waals surface area contributed by atoms with Crippen molar-refractivity contribution in [3.05, 3.63) is 77.9 Å². The van der Waals surface area contributed by atoms with Gasteiger partial charge in [0.05, 0.1) is 5.56 Å². The van der Waals surface area contributed by atoms with Crippen molar-refractivity contribution in [1.29, 1.82) is 5.26 Å². The van der Waals surface area contributed by atoms with Crippen LogP contribution in [0.25, 0.3) is 0 Å². The number of hydrogen-bond acceptors (Lipinski definition) is 6. The van der Waals surface area contributed by atoms with E-state index in [1.807, 2.05) is 42.2 Å². The lowest BCUT2D eigenvalue weighted by Gasteiger charge is -2.25. The maximum atomic E-state index is 13.5. The summed E-state index contributed by atoms with van der Waals surface area (Å²) in [5, 5.41) is 9.09. The van der Waals surface area contributed by atoms with Gasteiger partial charge in [0.25, 0.3) is 12.6 Å². The molecule has 2 aliphatic heterocycles. The summed E-state index contributed by atoms with van der Waals surface area (Å²) in [5.41, 5.74) is 3.96. The molecule has 1 fully saturated rings. The molecule has 0 atom stereocenters. The van der Waals surface area contributed by atoms with Crippen LogP contribution in [0.2, 0.25) is 12.6 Å². The third-order valence-electron chi connectivity index (χ3n) is 6.22. The van der Waals surface area contributed by atoms with E-state index < -0.39 is 0 Å². The first-order valence-corrected chi connectivity index (χ1v) is 13.2. The number of amides is 1. The van der Waals surface area contributed by atoms with E-state index in [0.29, 0.717) is 17.9 Å². The molecule has 34 heavy (non-hydrogen) atoms. The molecule has 0 unspecified atom stereocenters. The van der Waals surface area contributed by atoms with Crippen LogP contribution in [-0.2, 0) is 6.42 Å². The summed E-state index contributed by atoms with van der Waals surface area (Å²) in [4.78, 5) is 16.6. The van der Waals surface area contributed by atoms with Crippen LogP contribution in [0, 0.1) is 11.2 Å². The number of hydrogen-bond donors (Lipinski definition) is 0. The number of anilines is 1. The van der Waals surface area contributed by atoms with Crippen LogP contribution in [-0.4, -0.2) is 42.3 Å². The minimum absolute atomic E-state index is 0.0404. The maximum absolute atomic E-state index is 13.5. The van der Waals surface area contributed by atoms with Gasteiger partial charge in [-0.15, -0.1) is 11.8 Å². The van der Waals surface area contributed by atoms with Crippen molar-refractivity contribution >= 4 is 42.3 Å². The molecule has 0 aliphatic carbocycles. The normalized spacial score (nSPS) is 16.2. The molecule has 0 spiro atoms. The van der Waals surface area contributed by atoms with Gasteiger partial charge in [-0.2, -0.15) is 0 Å². The summed E-state index contributed by atoms with van der Waals surface area (Å²) in [5.74, 6) is 3.77. The Hall–Kier alpha value is -2.60. The first-order chi connectivity index (χ1) is 16.6. The average Bonchev–Trinajstić information content (AvgIpc) is 3.31. The third-order valence-corrected chi connectivity index (χ3v) is 8.11. The smallest absolute Gasteiger partial charge is 0.270 e. The van der Waals surface area contributed by atoms with E-state index in [2.05, 4.69) is 41.1 Å². The van der Waals surface area contributed by atoms with Gasteiger partial charge in [0.2, 0.25) is 0 Å². The summed E-state index contributed by atoms with van der Waals surface area (Å²) in [7, 11) is 0. The van der Waals surface area contributed by atoms with Crippen molar-refractivity contribution in [1.82, 2.24) is 4.31 Å². The Bertz CT molecular complexity index is 1120. The van der Waals surface area contributed by atoms with Gasteiger partial charge >= 0.3 is 0 Å². The van der Waals surface area contributed by atoms with Crippen LogP contribution >= 0.6 is 24.0 Å². The molecule has 0 bridgehead atoms. The molecule has 1 saturated heterocycles. The number of rotatable bonds is 8. The number of nitriles is 1. The number of carbonyl (C=O) groups excluding carboxylic acids is 1. The largest absolute Gasteiger partial charge is 0.409 e. The zero-order valence-electron chi connectivity index (χ0n) is 19.4. The van der Waals surface area contributed by atoms with Crippen LogP contribution in [0.1, 0.15) is 22.8 Å². The Morgan fingerprint density at radius 1 is 1.24 bits per heavy atom. The van der Waals surface area contributed by atoms with Crippen molar-refractivity contribution < 1.29 is 8.98 Å². The van der Waals surface area contributed by atoms with E-state index in [0.717, 1.165) is 43.6 Å². The van der Waals surface area contributed by atoms with Crippen molar-refractivity contribution in [3.63, 3.8) is 0 Å². The molecule has 2 heterocycles. The second-order valence-corrected chi connectivity index (χ2v) is 10.2. The van der Waals surface area contributed by atoms with Crippen molar-refractivity contribution in [2.75, 3.05) is 30.3 Å². The van der Waals surface area contributed by atoms with Crippen molar-refractivity contribution in [3.8, 4) is 11.7 Å². The second kappa shape index (κ2) is 11.7. The standard InChI is InChI=1S/C26H28BN3O2S2/c1-3-20(4-2)18-33-22-9-10-24-21(17-22)11-14-30(24)26(31)23-7-5-6-8-25(23)32-34-29-15-12-27(19-28)13-16-29/h3-10,17H,1,11-16,18H2,2H3/b20-4+. The van der Waals surface area contributed by atoms with Gasteiger partial charge in [-0.05, 0) is 67.5 Å². The van der Waals surface area contributed by atoms with E-state index in [1.54, 1.807) is 11.8 Å². The Balaban J connectivity index is 1.42. The molecule has 174 valence electrons. The van der Waals surface area contributed by atoms with Crippen LogP contribution in [0.15, 0.2) is 71.7 Å². The number of carbonyl (C=O) groups is 1. The van der Waals surface area contributed by atoms with Crippen molar-refractivity contribution in [2.45, 2.75) is 30.9 Å². The predicted octanol–water partition coefficient (Wildman–Crippen LogP) is 5.93. The van der Waals surface area contributed by atoms with Gasteiger partial charge < -0.3 is 9.08 Å². The van der Waals surface area contributed by atoms with Gasteiger partial charge in [0.1, 0.15) is 12.2 Å². The molecule has 2 aliphatic rings. The number of thioether (sulfide) groups is 1. The quantitative estimate of drug-likeness (QED) is 0.151. The SMILES string of the molecule is C=C/C(=C\C)CSc1ccc2c(c1)CCN2C(=O)c1ccccc1OSN1CCB(C#N)CC1. The second-order valence-electron chi connectivity index (χ2n) is 8.34. The van der Waals surface area contributed by atoms with Gasteiger partial charge in [-0.1, -0.05) is 30.9 Å². The molecule has 1 amide bonds. The molecule has 0 radical (unpaired) electrons. The topological polar surface area (TPSA) is 56.6 Å². The third kappa shape index (κ3) is 5.72. The number of para-hydroxylation sites is 1. The Labute approximate surface area is 211 Å². The van der Waals surface area contributed by atoms with Crippen LogP contribution in [0.4, 0.5) is 5.69 Å². The van der Waals surface area contributed by atoms with E-state index in [4.69, 9.17) is 9.44 Å². The molecule has 0 saturated carbocycles. The van der Waals surface area contributed by atoms with Crippen LogP contribution in [0.3, 0.4) is 0 Å². The lowest BCUT2D eigenvalue weighted by atomic mass is 9.45. The molecule has 0 N–H and O–H groups in total. The fourth-order valence-corrected chi connectivity index (χ4v) is 5.82. The van der Waals surface area contributed by atoms with Gasteiger partial charge in [0, 0.05) is 41.9 Å². The average molecular weight is 489 g/mol. The number of fused-ring (bicyclic) bond motifs is 1. The summed E-state index contributed by atoms with van der Waals surface area (Å²) < 4.78 is 8.12. The Morgan fingerprint density at radius 3 is 2.76 bits per heavy atom. The number of nitrogens with zero attached hydrogens (tertiary/aromatic N) is 3. The predicted molar refractivity (Wildman–Crippen MR) is 144 cm³/mol. The Kier molecular flexibility index (Phi) is 8.44. The van der Waals surface area contributed by atoms with E-state index in [9.17, 15) is 4.79 Å². The highest BCUT2D eigenvalue weighted by Gasteiger charge is 2.28. The van der Waals surface area contributed by atoms with Gasteiger partial charge in [-0.3, -0.25) is 4.79 Å². The maximum Gasteiger partial charge on any atom is 0.270 e. The molecule has 0 aromatic heterocycles. The monoisotopic (exact) mass is 489 g/mol. The fraction of sp³-hybridized carbons (Fsp3) is 0.308. The highest BCUT2D eigenvalue weighted by Crippen LogP contribution is 2.35. The van der Waals surface area contributed by atoms with Crippen LogP contribution < -0.4 is 9.08 Å². The summed E-state index contributed by atoms with van der Waals surface area (Å²) in [6, 6.07) is 13.8. The first-order valence-electron chi connectivity index (χ1n) is 11.6. The first kappa shape index (κ1) is 24.5. The minimum atomic E-state index is -0.0404. The molecular formula is C26H28BN3O2S2.